The second-order valence-electron chi connectivity index (χ2n) is 5.11. The van der Waals surface area contributed by atoms with E-state index in [1.165, 1.54) is 51.0 Å². The van der Waals surface area contributed by atoms with Crippen molar-refractivity contribution >= 4 is 18.5 Å². The predicted octanol–water partition coefficient (Wildman–Crippen LogP) is 4.79. The van der Waals surface area contributed by atoms with Gasteiger partial charge in [0.2, 0.25) is 0 Å². The maximum Gasteiger partial charge on any atom is 0.150 e. The summed E-state index contributed by atoms with van der Waals surface area (Å²) in [5.74, 6) is 1.04. The molecule has 0 amide bonds. The van der Waals surface area contributed by atoms with Gasteiger partial charge in [0, 0.05) is 0 Å². The first-order valence-electron chi connectivity index (χ1n) is 5.77. The Hall–Kier alpha value is 0.507. The highest BCUT2D eigenvalue weighted by atomic mass is 35.6. The molecule has 0 spiro atoms. The second-order valence-corrected chi connectivity index (χ2v) is 12.1. The molecule has 1 fully saturated rings. The van der Waals surface area contributed by atoms with Crippen molar-refractivity contribution in [1.82, 2.24) is 0 Å². The van der Waals surface area contributed by atoms with Gasteiger partial charge in [-0.1, -0.05) is 58.0 Å². The lowest BCUT2D eigenvalue weighted by atomic mass is 9.86. The predicted molar refractivity (Wildman–Crippen MR) is 64.0 cm³/mol. The Morgan fingerprint density at radius 1 is 1.15 bits per heavy atom. The van der Waals surface area contributed by atoms with Crippen LogP contribution in [0.5, 0.6) is 0 Å². The lowest BCUT2D eigenvalue weighted by molar-refractivity contribution is 0.336. The molecule has 0 nitrogen and oxygen atoms in total. The lowest BCUT2D eigenvalue weighted by Crippen LogP contribution is -2.16. The third-order valence-corrected chi connectivity index (χ3v) is 5.22. The van der Waals surface area contributed by atoms with Gasteiger partial charge in [0.15, 0.2) is 0 Å². The van der Waals surface area contributed by atoms with E-state index in [0.717, 1.165) is 5.92 Å². The molecule has 0 radical (unpaired) electrons. The average Bonchev–Trinajstić information content (AvgIpc) is 2.04. The summed E-state index contributed by atoms with van der Waals surface area (Å²) in [6.07, 6.45) is 10.2. The van der Waals surface area contributed by atoms with E-state index >= 15 is 0 Å². The fourth-order valence-electron chi connectivity index (χ4n) is 2.29. The molecule has 0 aliphatic heterocycles. The Labute approximate surface area is 88.8 Å². The van der Waals surface area contributed by atoms with Crippen LogP contribution in [0.4, 0.5) is 0 Å². The minimum absolute atomic E-state index is 1.04. The topological polar surface area (TPSA) is 0 Å². The van der Waals surface area contributed by atoms with Crippen LogP contribution in [0.25, 0.3) is 0 Å². The van der Waals surface area contributed by atoms with Crippen molar-refractivity contribution in [3.05, 3.63) is 0 Å². The van der Waals surface area contributed by atoms with E-state index in [0.29, 0.717) is 0 Å². The van der Waals surface area contributed by atoms with Gasteiger partial charge in [-0.25, -0.2) is 0 Å². The first kappa shape index (κ1) is 11.6. The molecule has 2 heteroatoms. The summed E-state index contributed by atoms with van der Waals surface area (Å²) in [7, 11) is -1.27. The van der Waals surface area contributed by atoms with Crippen molar-refractivity contribution in [2.75, 3.05) is 0 Å². The van der Waals surface area contributed by atoms with Gasteiger partial charge in [-0.15, -0.1) is 0 Å². The SMILES string of the molecule is C[Si](C)(Cl)CCCC1CCCCC1. The Balaban J connectivity index is 2.04. The van der Waals surface area contributed by atoms with Gasteiger partial charge < -0.3 is 0 Å². The molecule has 1 aliphatic carbocycles. The summed E-state index contributed by atoms with van der Waals surface area (Å²) in [5.41, 5.74) is 0. The lowest BCUT2D eigenvalue weighted by Gasteiger charge is -2.22. The molecule has 0 saturated heterocycles. The maximum absolute atomic E-state index is 6.29. The van der Waals surface area contributed by atoms with Gasteiger partial charge in [-0.3, -0.25) is 0 Å². The molecule has 1 saturated carbocycles. The molecule has 0 N–H and O–H groups in total. The van der Waals surface area contributed by atoms with E-state index in [1.807, 2.05) is 0 Å². The second kappa shape index (κ2) is 5.40. The van der Waals surface area contributed by atoms with Gasteiger partial charge >= 0.3 is 0 Å². The highest BCUT2D eigenvalue weighted by Crippen LogP contribution is 2.29. The molecule has 0 unspecified atom stereocenters. The number of hydrogen-bond donors (Lipinski definition) is 0. The summed E-state index contributed by atoms with van der Waals surface area (Å²) < 4.78 is 0. The zero-order valence-electron chi connectivity index (χ0n) is 9.11. The van der Waals surface area contributed by atoms with Crippen molar-refractivity contribution in [3.63, 3.8) is 0 Å². The zero-order chi connectivity index (χ0) is 9.73. The van der Waals surface area contributed by atoms with Crippen molar-refractivity contribution in [1.29, 1.82) is 0 Å². The Morgan fingerprint density at radius 2 is 1.77 bits per heavy atom. The van der Waals surface area contributed by atoms with Gasteiger partial charge in [-0.05, 0) is 12.0 Å². The van der Waals surface area contributed by atoms with E-state index in [-0.39, 0.29) is 0 Å². The van der Waals surface area contributed by atoms with Crippen LogP contribution in [0.2, 0.25) is 19.1 Å². The number of rotatable bonds is 4. The third-order valence-electron chi connectivity index (χ3n) is 3.11. The van der Waals surface area contributed by atoms with Crippen LogP contribution in [-0.4, -0.2) is 7.38 Å². The molecule has 0 atom stereocenters. The van der Waals surface area contributed by atoms with Crippen LogP contribution in [0.15, 0.2) is 0 Å². The monoisotopic (exact) mass is 218 g/mol. The first-order chi connectivity index (χ1) is 6.08. The molecule has 78 valence electrons. The molecule has 1 aliphatic rings. The first-order valence-corrected chi connectivity index (χ1v) is 9.99. The van der Waals surface area contributed by atoms with Crippen LogP contribution in [0.1, 0.15) is 44.9 Å². The molecule has 13 heavy (non-hydrogen) atoms. The van der Waals surface area contributed by atoms with E-state index < -0.39 is 7.38 Å². The molecule has 1 rings (SSSR count). The van der Waals surface area contributed by atoms with Crippen LogP contribution in [-0.2, 0) is 0 Å². The minimum Gasteiger partial charge on any atom is -0.168 e. The van der Waals surface area contributed by atoms with E-state index in [9.17, 15) is 0 Å². The van der Waals surface area contributed by atoms with Crippen LogP contribution >= 0.6 is 11.1 Å². The summed E-state index contributed by atoms with van der Waals surface area (Å²) in [4.78, 5) is 0. The van der Waals surface area contributed by atoms with Crippen molar-refractivity contribution in [3.8, 4) is 0 Å². The van der Waals surface area contributed by atoms with Crippen LogP contribution < -0.4 is 0 Å². The molecule has 0 bridgehead atoms. The number of halogens is 1. The smallest absolute Gasteiger partial charge is 0.150 e. The van der Waals surface area contributed by atoms with Crippen molar-refractivity contribution < 1.29 is 0 Å². The van der Waals surface area contributed by atoms with Gasteiger partial charge in [0.1, 0.15) is 7.38 Å². The average molecular weight is 219 g/mol. The van der Waals surface area contributed by atoms with Crippen LogP contribution in [0.3, 0.4) is 0 Å². The van der Waals surface area contributed by atoms with Crippen LogP contribution in [0, 0.1) is 5.92 Å². The van der Waals surface area contributed by atoms with Gasteiger partial charge in [-0.2, -0.15) is 11.1 Å². The highest BCUT2D eigenvalue weighted by molar-refractivity contribution is 7.19. The largest absolute Gasteiger partial charge is 0.168 e. The normalized spacial score (nSPS) is 20.5. The van der Waals surface area contributed by atoms with Gasteiger partial charge in [0.05, 0.1) is 0 Å². The van der Waals surface area contributed by atoms with Crippen molar-refractivity contribution in [2.45, 2.75) is 64.1 Å². The van der Waals surface area contributed by atoms with Gasteiger partial charge in [0.25, 0.3) is 0 Å². The summed E-state index contributed by atoms with van der Waals surface area (Å²) >= 11 is 6.29. The summed E-state index contributed by atoms with van der Waals surface area (Å²) in [5, 5.41) is 0. The summed E-state index contributed by atoms with van der Waals surface area (Å²) in [6.45, 7) is 4.52. The van der Waals surface area contributed by atoms with E-state index in [1.54, 1.807) is 0 Å². The quantitative estimate of drug-likeness (QED) is 0.470. The standard InChI is InChI=1S/C11H23ClSi/c1-13(2,12)10-6-9-11-7-4-3-5-8-11/h11H,3-10H2,1-2H3. The molecule has 0 aromatic heterocycles. The maximum atomic E-state index is 6.29. The Kier molecular flexibility index (Phi) is 4.81. The molecule has 0 aromatic carbocycles. The number of hydrogen-bond acceptors (Lipinski definition) is 0. The van der Waals surface area contributed by atoms with Crippen molar-refractivity contribution in [2.24, 2.45) is 5.92 Å². The molecule has 0 heterocycles. The fourth-order valence-corrected chi connectivity index (χ4v) is 3.73. The molecular formula is C11H23ClSi. The van der Waals surface area contributed by atoms with E-state index in [4.69, 9.17) is 11.1 Å². The zero-order valence-corrected chi connectivity index (χ0v) is 10.9. The summed E-state index contributed by atoms with van der Waals surface area (Å²) in [6, 6.07) is 1.31. The Bertz CT molecular complexity index is 134. The Morgan fingerprint density at radius 3 is 2.31 bits per heavy atom. The minimum atomic E-state index is -1.27. The van der Waals surface area contributed by atoms with E-state index in [2.05, 4.69) is 13.1 Å². The molecular weight excluding hydrogens is 196 g/mol. The highest BCUT2D eigenvalue weighted by Gasteiger charge is 2.18. The molecule has 0 aromatic rings. The fraction of sp³-hybridized carbons (Fsp3) is 1.00. The third kappa shape index (κ3) is 5.74.